The number of aromatic amines is 1. The highest BCUT2D eigenvalue weighted by molar-refractivity contribution is 5.81. The molecule has 0 spiro atoms. The van der Waals surface area contributed by atoms with Crippen LogP contribution in [0.25, 0.3) is 22.5 Å². The number of aromatic hydroxyl groups is 1. The molecular formula is C29H29N7O2. The molecule has 0 saturated carbocycles. The molecule has 9 heteroatoms. The monoisotopic (exact) mass is 507 g/mol. The Morgan fingerprint density at radius 1 is 0.974 bits per heavy atom. The summed E-state index contributed by atoms with van der Waals surface area (Å²) < 4.78 is 2.03. The van der Waals surface area contributed by atoms with Crippen LogP contribution < -0.4 is 5.32 Å². The van der Waals surface area contributed by atoms with E-state index >= 15 is 0 Å². The van der Waals surface area contributed by atoms with Crippen molar-refractivity contribution in [3.63, 3.8) is 0 Å². The predicted octanol–water partition coefficient (Wildman–Crippen LogP) is 5.08. The predicted molar refractivity (Wildman–Crippen MR) is 146 cm³/mol. The van der Waals surface area contributed by atoms with Gasteiger partial charge in [0, 0.05) is 5.56 Å². The minimum Gasteiger partial charge on any atom is -0.508 e. The van der Waals surface area contributed by atoms with Gasteiger partial charge in [0.1, 0.15) is 17.4 Å². The molecule has 9 nitrogen and oxygen atoms in total. The Balaban J connectivity index is 1.47. The molecule has 192 valence electrons. The van der Waals surface area contributed by atoms with Crippen molar-refractivity contribution in [1.29, 1.82) is 0 Å². The summed E-state index contributed by atoms with van der Waals surface area (Å²) in [6, 6.07) is 21.8. The van der Waals surface area contributed by atoms with Crippen molar-refractivity contribution in [2.45, 2.75) is 39.7 Å². The van der Waals surface area contributed by atoms with Gasteiger partial charge < -0.3 is 15.0 Å². The van der Waals surface area contributed by atoms with E-state index in [0.717, 1.165) is 57.1 Å². The Morgan fingerprint density at radius 3 is 2.34 bits per heavy atom. The molecule has 3 N–H and O–H groups in total. The summed E-state index contributed by atoms with van der Waals surface area (Å²) in [5.41, 5.74) is 7.09. The maximum atomic E-state index is 11.3. The summed E-state index contributed by atoms with van der Waals surface area (Å²) in [7, 11) is 0. The van der Waals surface area contributed by atoms with E-state index in [1.165, 1.54) is 0 Å². The van der Waals surface area contributed by atoms with E-state index in [9.17, 15) is 9.90 Å². The number of nitrogens with one attached hydrogen (secondary N) is 2. The van der Waals surface area contributed by atoms with Gasteiger partial charge in [0.05, 0.1) is 12.2 Å². The minimum atomic E-state index is 0.192. The molecule has 0 aliphatic carbocycles. The lowest BCUT2D eigenvalue weighted by Crippen LogP contribution is -2.09. The lowest BCUT2D eigenvalue weighted by Gasteiger charge is -2.13. The number of hydrogen-bond donors (Lipinski definition) is 3. The summed E-state index contributed by atoms with van der Waals surface area (Å²) in [5.74, 6) is 2.56. The molecule has 1 amide bonds. The van der Waals surface area contributed by atoms with E-state index in [4.69, 9.17) is 0 Å². The Labute approximate surface area is 220 Å². The number of imidazole rings is 1. The van der Waals surface area contributed by atoms with Crippen LogP contribution in [0.15, 0.2) is 66.7 Å². The van der Waals surface area contributed by atoms with Gasteiger partial charge in [-0.25, -0.2) is 4.98 Å². The first-order chi connectivity index (χ1) is 18.4. The second kappa shape index (κ2) is 10.7. The summed E-state index contributed by atoms with van der Waals surface area (Å²) in [6.45, 7) is 6.66. The lowest BCUT2D eigenvalue weighted by atomic mass is 9.94. The highest BCUT2D eigenvalue weighted by atomic mass is 16.3. The van der Waals surface area contributed by atoms with Gasteiger partial charge >= 0.3 is 0 Å². The smallest absolute Gasteiger partial charge is 0.212 e. The molecule has 0 saturated heterocycles. The molecule has 3 aromatic carbocycles. The first-order valence-electron chi connectivity index (χ1n) is 12.4. The van der Waals surface area contributed by atoms with E-state index in [1.807, 2.05) is 29.7 Å². The van der Waals surface area contributed by atoms with Crippen molar-refractivity contribution in [1.82, 2.24) is 30.2 Å². The Kier molecular flexibility index (Phi) is 6.99. The summed E-state index contributed by atoms with van der Waals surface area (Å²) >= 11 is 0. The molecule has 5 rings (SSSR count). The van der Waals surface area contributed by atoms with Crippen LogP contribution in [0, 0.1) is 6.92 Å². The molecule has 0 radical (unpaired) electrons. The number of amides is 1. The number of aromatic nitrogens is 6. The molecule has 38 heavy (non-hydrogen) atoms. The van der Waals surface area contributed by atoms with Gasteiger partial charge in [-0.15, -0.1) is 10.2 Å². The second-order valence-electron chi connectivity index (χ2n) is 9.55. The lowest BCUT2D eigenvalue weighted by molar-refractivity contribution is -0.105. The summed E-state index contributed by atoms with van der Waals surface area (Å²) in [4.78, 5) is 16.0. The van der Waals surface area contributed by atoms with E-state index in [1.54, 1.807) is 12.1 Å². The number of phenolic OH excluding ortho intramolecular Hbond substituents is 1. The molecule has 0 unspecified atom stereocenters. The molecule has 0 bridgehead atoms. The molecule has 2 aromatic heterocycles. The van der Waals surface area contributed by atoms with Crippen LogP contribution in [0.5, 0.6) is 5.75 Å². The van der Waals surface area contributed by atoms with Crippen molar-refractivity contribution in [3.8, 4) is 28.3 Å². The van der Waals surface area contributed by atoms with Crippen molar-refractivity contribution in [2.75, 3.05) is 5.32 Å². The molecule has 2 heterocycles. The van der Waals surface area contributed by atoms with Gasteiger partial charge in [0.2, 0.25) is 12.2 Å². The number of nitrogens with zero attached hydrogens (tertiary/aromatic N) is 5. The summed E-state index contributed by atoms with van der Waals surface area (Å²) in [6.07, 6.45) is 1.43. The Bertz CT molecular complexity index is 1540. The fourth-order valence-electron chi connectivity index (χ4n) is 4.62. The molecular weight excluding hydrogens is 478 g/mol. The van der Waals surface area contributed by atoms with Crippen LogP contribution in [-0.4, -0.2) is 41.7 Å². The normalized spacial score (nSPS) is 11.2. The van der Waals surface area contributed by atoms with Gasteiger partial charge in [0.25, 0.3) is 0 Å². The van der Waals surface area contributed by atoms with E-state index in [2.05, 4.69) is 81.2 Å². The number of tetrazole rings is 1. The molecule has 5 aromatic rings. The highest BCUT2D eigenvalue weighted by Crippen LogP contribution is 2.32. The fraction of sp³-hybridized carbons (Fsp3) is 0.207. The van der Waals surface area contributed by atoms with Crippen molar-refractivity contribution >= 4 is 12.2 Å². The Hall–Kier alpha value is -4.79. The van der Waals surface area contributed by atoms with Crippen LogP contribution in [0.2, 0.25) is 0 Å². The van der Waals surface area contributed by atoms with E-state index in [0.29, 0.717) is 18.8 Å². The topological polar surface area (TPSA) is 122 Å². The SMILES string of the molecule is Cc1nc(C(C)C)c(NC=O)n1Cc1ccc(-c2cc(Cc3ccc(O)cc3)ccc2-c2nn[nH]n2)cc1. The Morgan fingerprint density at radius 2 is 1.68 bits per heavy atom. The van der Waals surface area contributed by atoms with Crippen molar-refractivity contribution in [2.24, 2.45) is 0 Å². The van der Waals surface area contributed by atoms with Gasteiger partial charge in [-0.2, -0.15) is 5.21 Å². The summed E-state index contributed by atoms with van der Waals surface area (Å²) in [5, 5.41) is 27.1. The van der Waals surface area contributed by atoms with Crippen molar-refractivity contribution < 1.29 is 9.90 Å². The molecule has 0 aliphatic heterocycles. The van der Waals surface area contributed by atoms with Crippen LogP contribution in [0.4, 0.5) is 5.82 Å². The molecule has 0 atom stereocenters. The van der Waals surface area contributed by atoms with Gasteiger partial charge in [-0.05, 0) is 64.4 Å². The fourth-order valence-corrected chi connectivity index (χ4v) is 4.62. The third-order valence-corrected chi connectivity index (χ3v) is 6.55. The number of benzene rings is 3. The number of carbonyl (C=O) groups excluding carboxylic acids is 1. The molecule has 0 aliphatic rings. The first-order valence-corrected chi connectivity index (χ1v) is 12.4. The van der Waals surface area contributed by atoms with Crippen LogP contribution in [-0.2, 0) is 17.8 Å². The number of H-pyrrole nitrogens is 1. The molecule has 0 fully saturated rings. The average molecular weight is 508 g/mol. The zero-order valence-electron chi connectivity index (χ0n) is 21.5. The maximum absolute atomic E-state index is 11.3. The van der Waals surface area contributed by atoms with Crippen LogP contribution in [0.1, 0.15) is 48.0 Å². The zero-order valence-corrected chi connectivity index (χ0v) is 21.5. The third kappa shape index (κ3) is 5.17. The first kappa shape index (κ1) is 24.9. The number of carbonyl (C=O) groups is 1. The van der Waals surface area contributed by atoms with Crippen LogP contribution >= 0.6 is 0 Å². The van der Waals surface area contributed by atoms with Gasteiger partial charge in [-0.3, -0.25) is 4.79 Å². The number of phenols is 1. The number of hydrogen-bond acceptors (Lipinski definition) is 6. The zero-order chi connectivity index (χ0) is 26.6. The van der Waals surface area contributed by atoms with Crippen molar-refractivity contribution in [3.05, 3.63) is 94.9 Å². The van der Waals surface area contributed by atoms with E-state index in [-0.39, 0.29) is 11.7 Å². The maximum Gasteiger partial charge on any atom is 0.212 e. The average Bonchev–Trinajstić information content (AvgIpc) is 3.55. The van der Waals surface area contributed by atoms with Gasteiger partial charge in [0.15, 0.2) is 0 Å². The number of anilines is 1. The standard InChI is InChI=1S/C29H29N7O2/c1-18(2)27-29(30-17-37)36(19(3)31-27)16-21-4-9-23(10-5-21)26-15-22(14-20-6-11-24(38)12-7-20)8-13-25(26)28-32-34-35-33-28/h4-13,15,17-18,38H,14,16H2,1-3H3,(H,30,37)(H,32,33,34,35). The largest absolute Gasteiger partial charge is 0.508 e. The van der Waals surface area contributed by atoms with E-state index < -0.39 is 0 Å². The number of aryl methyl sites for hydroxylation is 1. The van der Waals surface area contributed by atoms with Gasteiger partial charge in [-0.1, -0.05) is 68.4 Å². The third-order valence-electron chi connectivity index (χ3n) is 6.55. The number of rotatable bonds is 9. The second-order valence-corrected chi connectivity index (χ2v) is 9.55. The quantitative estimate of drug-likeness (QED) is 0.239. The minimum absolute atomic E-state index is 0.192. The highest BCUT2D eigenvalue weighted by Gasteiger charge is 2.18. The van der Waals surface area contributed by atoms with Crippen LogP contribution in [0.3, 0.4) is 0 Å².